The molecule has 0 aliphatic carbocycles. The van der Waals surface area contributed by atoms with E-state index in [4.69, 9.17) is 4.52 Å². The van der Waals surface area contributed by atoms with Gasteiger partial charge in [-0.15, -0.1) is 0 Å². The number of rotatable bonds is 0. The van der Waals surface area contributed by atoms with Gasteiger partial charge in [0.25, 0.3) is 0 Å². The molecule has 1 fully saturated rings. The molecule has 0 aromatic rings. The summed E-state index contributed by atoms with van der Waals surface area (Å²) in [5, 5.41) is 0. The molecule has 1 saturated heterocycles. The summed E-state index contributed by atoms with van der Waals surface area (Å²) in [6.07, 6.45) is 1.53. The van der Waals surface area contributed by atoms with Crippen LogP contribution in [0.5, 0.6) is 0 Å². The zero-order valence-corrected chi connectivity index (χ0v) is 10.3. The minimum atomic E-state index is -1.68. The van der Waals surface area contributed by atoms with Gasteiger partial charge in [-0.3, -0.25) is 0 Å². The van der Waals surface area contributed by atoms with Gasteiger partial charge in [-0.1, -0.05) is 0 Å². The Morgan fingerprint density at radius 2 is 2.18 bits per heavy atom. The monoisotopic (exact) mass is 212 g/mol. The van der Waals surface area contributed by atoms with Crippen LogP contribution in [0.25, 0.3) is 0 Å². The van der Waals surface area contributed by atoms with Crippen molar-refractivity contribution < 1.29 is 4.52 Å². The Morgan fingerprint density at radius 1 is 1.64 bits per heavy atom. The normalized spacial score (nSPS) is 38.1. The number of hydrogen-bond donors (Lipinski definition) is 1. The van der Waals surface area contributed by atoms with Crippen LogP contribution in [0.4, 0.5) is 0 Å². The van der Waals surface area contributed by atoms with E-state index in [-0.39, 0.29) is 0 Å². The fourth-order valence-electron chi connectivity index (χ4n) is 1.69. The summed E-state index contributed by atoms with van der Waals surface area (Å²) in [6, 6.07) is 0. The van der Waals surface area contributed by atoms with E-state index < -0.39 is 5.89 Å². The van der Waals surface area contributed by atoms with Crippen molar-refractivity contribution in [3.05, 3.63) is 0 Å². The second kappa shape index (κ2) is 3.10. The van der Waals surface area contributed by atoms with Crippen LogP contribution in [-0.2, 0) is 4.52 Å². The molecule has 1 atom stereocenters. The quantitative estimate of drug-likeness (QED) is 0.487. The van der Waals surface area contributed by atoms with Crippen molar-refractivity contribution in [3.8, 4) is 0 Å². The molecule has 0 bridgehead atoms. The van der Waals surface area contributed by atoms with Gasteiger partial charge in [0.2, 0.25) is 0 Å². The Kier molecular flexibility index (Phi) is 2.87. The molecule has 1 aliphatic heterocycles. The van der Waals surface area contributed by atoms with Crippen molar-refractivity contribution in [2.45, 2.75) is 38.0 Å². The molecule has 1 aliphatic rings. The molecule has 0 N–H and O–H groups in total. The second-order valence-corrected chi connectivity index (χ2v) is 13.7. The SMILES string of the molecule is CC1CC(C)(C)S[PH](C)(S)O1. The molecular formula is C7H17OPS2. The first kappa shape index (κ1) is 10.2. The molecule has 0 aromatic heterocycles. The Hall–Kier alpha value is 1.09. The van der Waals surface area contributed by atoms with Crippen LogP contribution in [0.15, 0.2) is 0 Å². The van der Waals surface area contributed by atoms with Crippen molar-refractivity contribution in [1.29, 1.82) is 0 Å². The van der Waals surface area contributed by atoms with E-state index in [1.54, 1.807) is 0 Å². The van der Waals surface area contributed by atoms with E-state index in [9.17, 15) is 0 Å². The molecule has 0 saturated carbocycles. The third-order valence-corrected chi connectivity index (χ3v) is 7.82. The zero-order valence-electron chi connectivity index (χ0n) is 7.55. The fraction of sp³-hybridized carbons (Fsp3) is 1.00. The average molecular weight is 212 g/mol. The second-order valence-electron chi connectivity index (χ2n) is 3.89. The van der Waals surface area contributed by atoms with E-state index in [0.29, 0.717) is 10.9 Å². The number of hydrogen-bond acceptors (Lipinski definition) is 3. The zero-order chi connectivity index (χ0) is 8.70. The molecule has 68 valence electrons. The van der Waals surface area contributed by atoms with Crippen molar-refractivity contribution in [1.82, 2.24) is 0 Å². The van der Waals surface area contributed by atoms with E-state index in [1.165, 1.54) is 0 Å². The maximum atomic E-state index is 5.78. The minimum absolute atomic E-state index is 0.361. The average Bonchev–Trinajstić information content (AvgIpc) is 1.49. The first-order chi connectivity index (χ1) is 4.81. The summed E-state index contributed by atoms with van der Waals surface area (Å²) in [6.45, 7) is 8.84. The third-order valence-electron chi connectivity index (χ3n) is 1.66. The van der Waals surface area contributed by atoms with Crippen LogP contribution in [0.3, 0.4) is 0 Å². The fourth-order valence-corrected chi connectivity index (χ4v) is 10.6. The van der Waals surface area contributed by atoms with Crippen molar-refractivity contribution in [2.75, 3.05) is 6.66 Å². The third kappa shape index (κ3) is 3.14. The molecule has 0 amide bonds. The van der Waals surface area contributed by atoms with Crippen molar-refractivity contribution in [3.63, 3.8) is 0 Å². The van der Waals surface area contributed by atoms with Gasteiger partial charge < -0.3 is 0 Å². The summed E-state index contributed by atoms with van der Waals surface area (Å²) in [4.78, 5) is 0. The number of thiol groups is 1. The Balaban J connectivity index is 2.66. The molecule has 1 heterocycles. The predicted octanol–water partition coefficient (Wildman–Crippen LogP) is 3.36. The van der Waals surface area contributed by atoms with Crippen LogP contribution in [0.1, 0.15) is 27.2 Å². The van der Waals surface area contributed by atoms with Crippen molar-refractivity contribution in [2.24, 2.45) is 0 Å². The van der Waals surface area contributed by atoms with Gasteiger partial charge in [0.15, 0.2) is 0 Å². The molecule has 1 rings (SSSR count). The van der Waals surface area contributed by atoms with E-state index in [2.05, 4.69) is 39.7 Å². The van der Waals surface area contributed by atoms with E-state index >= 15 is 0 Å². The first-order valence-corrected chi connectivity index (χ1v) is 9.15. The maximum absolute atomic E-state index is 5.78. The molecule has 1 nitrogen and oxygen atoms in total. The van der Waals surface area contributed by atoms with E-state index in [1.807, 2.05) is 11.4 Å². The van der Waals surface area contributed by atoms with Crippen LogP contribution >= 0.6 is 29.5 Å². The van der Waals surface area contributed by atoms with Crippen LogP contribution in [-0.4, -0.2) is 17.5 Å². The van der Waals surface area contributed by atoms with Gasteiger partial charge in [0.05, 0.1) is 0 Å². The summed E-state index contributed by atoms with van der Waals surface area (Å²) in [5.74, 6) is -1.68. The van der Waals surface area contributed by atoms with E-state index in [0.717, 1.165) is 6.42 Å². The summed E-state index contributed by atoms with van der Waals surface area (Å²) < 4.78 is 6.14. The standard InChI is InChI=1S/C7H17OPS2/c1-6-5-7(2,3)11-9(4,10)8-6/h6,9-10H,5H2,1-4H3. The van der Waals surface area contributed by atoms with Gasteiger partial charge in [0.1, 0.15) is 0 Å². The van der Waals surface area contributed by atoms with Crippen LogP contribution in [0.2, 0.25) is 0 Å². The van der Waals surface area contributed by atoms with Gasteiger partial charge in [-0.25, -0.2) is 0 Å². The molecule has 0 spiro atoms. The van der Waals surface area contributed by atoms with Gasteiger partial charge in [-0.05, 0) is 0 Å². The molecule has 0 radical (unpaired) electrons. The van der Waals surface area contributed by atoms with Gasteiger partial charge in [-0.2, -0.15) is 0 Å². The molecule has 11 heavy (non-hydrogen) atoms. The van der Waals surface area contributed by atoms with Crippen molar-refractivity contribution >= 4 is 29.5 Å². The molecule has 1 unspecified atom stereocenters. The first-order valence-electron chi connectivity index (χ1n) is 3.91. The Morgan fingerprint density at radius 3 is 2.55 bits per heavy atom. The van der Waals surface area contributed by atoms with Gasteiger partial charge >= 0.3 is 78.8 Å². The van der Waals surface area contributed by atoms with Crippen LogP contribution < -0.4 is 0 Å². The summed E-state index contributed by atoms with van der Waals surface area (Å²) >= 11 is 6.50. The molecule has 4 heteroatoms. The summed E-state index contributed by atoms with van der Waals surface area (Å²) in [5.41, 5.74) is 0. The Bertz CT molecular complexity index is 143. The Labute approximate surface area is 79.0 Å². The molecular weight excluding hydrogens is 195 g/mol. The van der Waals surface area contributed by atoms with Gasteiger partial charge in [0, 0.05) is 0 Å². The van der Waals surface area contributed by atoms with Crippen LogP contribution in [0, 0.1) is 0 Å². The summed E-state index contributed by atoms with van der Waals surface area (Å²) in [7, 11) is 0. The predicted molar refractivity (Wildman–Crippen MR) is 60.1 cm³/mol. The molecule has 0 aromatic carbocycles. The topological polar surface area (TPSA) is 9.23 Å².